The standard InChI is InChI=1S/C15H28N4O/c1-4-5-17-15(3,12-20)10-13(2)19-9-8-18-7-6-16-14(18)11-19/h6-7,13,17,20H,4-5,8-12H2,1-3H3. The lowest BCUT2D eigenvalue weighted by Crippen LogP contribution is -2.51. The number of hydrogen-bond donors (Lipinski definition) is 2. The van der Waals surface area contributed by atoms with Gasteiger partial charge in [0, 0.05) is 37.1 Å². The lowest BCUT2D eigenvalue weighted by atomic mass is 9.93. The normalized spacial score (nSPS) is 20.4. The Bertz CT molecular complexity index is 420. The molecule has 0 aliphatic carbocycles. The second kappa shape index (κ2) is 6.70. The molecule has 0 bridgehead atoms. The summed E-state index contributed by atoms with van der Waals surface area (Å²) in [7, 11) is 0. The molecule has 0 saturated carbocycles. The molecule has 5 nitrogen and oxygen atoms in total. The fourth-order valence-corrected chi connectivity index (χ4v) is 2.97. The molecular weight excluding hydrogens is 252 g/mol. The number of nitrogens with zero attached hydrogens (tertiary/aromatic N) is 3. The molecule has 1 aromatic heterocycles. The molecule has 114 valence electrons. The monoisotopic (exact) mass is 280 g/mol. The quantitative estimate of drug-likeness (QED) is 0.789. The summed E-state index contributed by atoms with van der Waals surface area (Å²) < 4.78 is 2.23. The number of nitrogens with one attached hydrogen (secondary N) is 1. The number of imidazole rings is 1. The maximum absolute atomic E-state index is 9.69. The van der Waals surface area contributed by atoms with E-state index in [2.05, 4.69) is 46.7 Å². The van der Waals surface area contributed by atoms with Crippen molar-refractivity contribution in [1.82, 2.24) is 19.8 Å². The predicted octanol–water partition coefficient (Wildman–Crippen LogP) is 1.23. The highest BCUT2D eigenvalue weighted by atomic mass is 16.3. The van der Waals surface area contributed by atoms with Crippen LogP contribution in [0.3, 0.4) is 0 Å². The van der Waals surface area contributed by atoms with E-state index in [0.717, 1.165) is 44.8 Å². The molecule has 1 aliphatic rings. The highest BCUT2D eigenvalue weighted by Gasteiger charge is 2.29. The third-order valence-corrected chi connectivity index (χ3v) is 4.29. The Balaban J connectivity index is 1.93. The molecule has 0 spiro atoms. The lowest BCUT2D eigenvalue weighted by Gasteiger charge is -2.38. The van der Waals surface area contributed by atoms with Crippen molar-refractivity contribution in [1.29, 1.82) is 0 Å². The van der Waals surface area contributed by atoms with E-state index in [1.54, 1.807) is 0 Å². The van der Waals surface area contributed by atoms with Crippen LogP contribution < -0.4 is 5.32 Å². The van der Waals surface area contributed by atoms with Gasteiger partial charge in [0.25, 0.3) is 0 Å². The van der Waals surface area contributed by atoms with Crippen LogP contribution in [0, 0.1) is 0 Å². The molecule has 2 atom stereocenters. The molecule has 2 N–H and O–H groups in total. The Kier molecular flexibility index (Phi) is 5.18. The van der Waals surface area contributed by atoms with Gasteiger partial charge in [-0.3, -0.25) is 4.90 Å². The van der Waals surface area contributed by atoms with Crippen molar-refractivity contribution >= 4 is 0 Å². The van der Waals surface area contributed by atoms with Crippen molar-refractivity contribution in [2.75, 3.05) is 19.7 Å². The number of fused-ring (bicyclic) bond motifs is 1. The van der Waals surface area contributed by atoms with Crippen LogP contribution in [-0.2, 0) is 13.1 Å². The summed E-state index contributed by atoms with van der Waals surface area (Å²) in [6.45, 7) is 10.6. The van der Waals surface area contributed by atoms with Gasteiger partial charge in [-0.15, -0.1) is 0 Å². The van der Waals surface area contributed by atoms with Crippen molar-refractivity contribution in [2.45, 2.75) is 58.3 Å². The average molecular weight is 280 g/mol. The second-order valence-electron chi connectivity index (χ2n) is 6.21. The Hall–Kier alpha value is -0.910. The third kappa shape index (κ3) is 3.59. The first-order valence-corrected chi connectivity index (χ1v) is 7.68. The van der Waals surface area contributed by atoms with E-state index >= 15 is 0 Å². The number of aliphatic hydroxyl groups excluding tert-OH is 1. The maximum atomic E-state index is 9.69. The van der Waals surface area contributed by atoms with Gasteiger partial charge in [-0.25, -0.2) is 4.98 Å². The van der Waals surface area contributed by atoms with Crippen LogP contribution >= 0.6 is 0 Å². The maximum Gasteiger partial charge on any atom is 0.122 e. The first kappa shape index (κ1) is 15.5. The molecule has 0 radical (unpaired) electrons. The van der Waals surface area contributed by atoms with Crippen molar-refractivity contribution in [2.24, 2.45) is 0 Å². The number of rotatable bonds is 7. The molecule has 2 unspecified atom stereocenters. The van der Waals surface area contributed by atoms with Gasteiger partial charge in [-0.2, -0.15) is 0 Å². The summed E-state index contributed by atoms with van der Waals surface area (Å²) in [5, 5.41) is 13.2. The molecule has 2 heterocycles. The van der Waals surface area contributed by atoms with Gasteiger partial charge in [0.05, 0.1) is 13.2 Å². The summed E-state index contributed by atoms with van der Waals surface area (Å²) in [5.74, 6) is 1.15. The van der Waals surface area contributed by atoms with Gasteiger partial charge in [0.15, 0.2) is 0 Å². The fourth-order valence-electron chi connectivity index (χ4n) is 2.97. The molecule has 20 heavy (non-hydrogen) atoms. The largest absolute Gasteiger partial charge is 0.394 e. The number of hydrogen-bond acceptors (Lipinski definition) is 4. The number of aromatic nitrogens is 2. The van der Waals surface area contributed by atoms with E-state index in [0.29, 0.717) is 6.04 Å². The Morgan fingerprint density at radius 2 is 2.30 bits per heavy atom. The minimum atomic E-state index is -0.192. The molecule has 0 saturated heterocycles. The summed E-state index contributed by atoms with van der Waals surface area (Å²) >= 11 is 0. The summed E-state index contributed by atoms with van der Waals surface area (Å²) in [4.78, 5) is 6.87. The smallest absolute Gasteiger partial charge is 0.122 e. The zero-order valence-corrected chi connectivity index (χ0v) is 13.0. The van der Waals surface area contributed by atoms with Gasteiger partial charge >= 0.3 is 0 Å². The van der Waals surface area contributed by atoms with Gasteiger partial charge < -0.3 is 15.0 Å². The van der Waals surface area contributed by atoms with Gasteiger partial charge in [0.2, 0.25) is 0 Å². The fraction of sp³-hybridized carbons (Fsp3) is 0.800. The zero-order valence-electron chi connectivity index (χ0n) is 13.0. The van der Waals surface area contributed by atoms with E-state index in [9.17, 15) is 5.11 Å². The van der Waals surface area contributed by atoms with Crippen molar-refractivity contribution in [3.63, 3.8) is 0 Å². The minimum absolute atomic E-state index is 0.180. The predicted molar refractivity (Wildman–Crippen MR) is 80.5 cm³/mol. The average Bonchev–Trinajstić information content (AvgIpc) is 2.92. The van der Waals surface area contributed by atoms with E-state index in [-0.39, 0.29) is 12.1 Å². The highest BCUT2D eigenvalue weighted by molar-refractivity contribution is 4.97. The van der Waals surface area contributed by atoms with Crippen LogP contribution in [0.2, 0.25) is 0 Å². The topological polar surface area (TPSA) is 53.3 Å². The van der Waals surface area contributed by atoms with Crippen LogP contribution in [0.5, 0.6) is 0 Å². The van der Waals surface area contributed by atoms with Crippen LogP contribution in [-0.4, -0.2) is 50.8 Å². The van der Waals surface area contributed by atoms with Crippen LogP contribution in [0.15, 0.2) is 12.4 Å². The van der Waals surface area contributed by atoms with E-state index in [4.69, 9.17) is 0 Å². The minimum Gasteiger partial charge on any atom is -0.394 e. The first-order chi connectivity index (χ1) is 9.58. The van der Waals surface area contributed by atoms with Crippen molar-refractivity contribution < 1.29 is 5.11 Å². The van der Waals surface area contributed by atoms with Crippen LogP contribution in [0.25, 0.3) is 0 Å². The Morgan fingerprint density at radius 3 is 3.00 bits per heavy atom. The lowest BCUT2D eigenvalue weighted by molar-refractivity contribution is 0.0975. The van der Waals surface area contributed by atoms with Gasteiger partial charge in [-0.05, 0) is 33.2 Å². The Labute approximate surface area is 122 Å². The van der Waals surface area contributed by atoms with E-state index in [1.165, 1.54) is 0 Å². The highest BCUT2D eigenvalue weighted by Crippen LogP contribution is 2.20. The molecule has 0 aromatic carbocycles. The molecular formula is C15H28N4O. The van der Waals surface area contributed by atoms with Crippen molar-refractivity contribution in [3.05, 3.63) is 18.2 Å². The summed E-state index contributed by atoms with van der Waals surface area (Å²) in [5.41, 5.74) is -0.192. The molecule has 0 fully saturated rings. The van der Waals surface area contributed by atoms with Gasteiger partial charge in [0.1, 0.15) is 5.82 Å². The third-order valence-electron chi connectivity index (χ3n) is 4.29. The second-order valence-corrected chi connectivity index (χ2v) is 6.21. The zero-order chi connectivity index (χ0) is 14.6. The first-order valence-electron chi connectivity index (χ1n) is 7.68. The molecule has 5 heteroatoms. The number of aliphatic hydroxyl groups is 1. The summed E-state index contributed by atoms with van der Waals surface area (Å²) in [6, 6.07) is 0.432. The van der Waals surface area contributed by atoms with Crippen LogP contribution in [0.4, 0.5) is 0 Å². The van der Waals surface area contributed by atoms with Crippen molar-refractivity contribution in [3.8, 4) is 0 Å². The molecule has 0 amide bonds. The molecule has 2 rings (SSSR count). The van der Waals surface area contributed by atoms with E-state index < -0.39 is 0 Å². The molecule has 1 aromatic rings. The Morgan fingerprint density at radius 1 is 1.50 bits per heavy atom. The summed E-state index contributed by atoms with van der Waals surface area (Å²) in [6.07, 6.45) is 5.97. The van der Waals surface area contributed by atoms with E-state index in [1.807, 2.05) is 6.20 Å². The van der Waals surface area contributed by atoms with Gasteiger partial charge in [-0.1, -0.05) is 6.92 Å². The van der Waals surface area contributed by atoms with Crippen LogP contribution in [0.1, 0.15) is 39.4 Å². The SMILES string of the molecule is CCCNC(C)(CO)CC(C)N1CCn2ccnc2C1. The molecule has 1 aliphatic heterocycles.